The lowest BCUT2D eigenvalue weighted by molar-refractivity contribution is -0.138. The van der Waals surface area contributed by atoms with Crippen molar-refractivity contribution < 1.29 is 36.6 Å². The second-order valence-corrected chi connectivity index (χ2v) is 11.4. The minimum atomic E-state index is -4.60. The van der Waals surface area contributed by atoms with Crippen LogP contribution < -0.4 is 0 Å². The summed E-state index contributed by atoms with van der Waals surface area (Å²) in [6.45, 7) is 3.80. The lowest BCUT2D eigenvalue weighted by Crippen LogP contribution is -2.10. The lowest BCUT2D eigenvalue weighted by Gasteiger charge is -2.23. The number of benzene rings is 4. The Bertz CT molecular complexity index is 1710. The van der Waals surface area contributed by atoms with Crippen molar-refractivity contribution in [2.45, 2.75) is 50.9 Å². The molecule has 6 rings (SSSR count). The summed E-state index contributed by atoms with van der Waals surface area (Å²) in [7, 11) is 0. The first-order valence-electron chi connectivity index (χ1n) is 14.2. The van der Waals surface area contributed by atoms with Gasteiger partial charge >= 0.3 is 12.4 Å². The van der Waals surface area contributed by atoms with E-state index in [0.717, 1.165) is 80.9 Å². The van der Waals surface area contributed by atoms with Crippen LogP contribution in [-0.4, -0.2) is 10.2 Å². The molecule has 2 unspecified atom stereocenters. The normalized spacial score (nSPS) is 18.2. The lowest BCUT2D eigenvalue weighted by atomic mass is 9.81. The number of rotatable bonds is 5. The van der Waals surface area contributed by atoms with E-state index in [1.807, 2.05) is 50.2 Å². The van der Waals surface area contributed by atoms with Crippen LogP contribution in [-0.2, 0) is 12.4 Å². The second-order valence-electron chi connectivity index (χ2n) is 11.4. The van der Waals surface area contributed by atoms with Crippen molar-refractivity contribution in [1.82, 2.24) is 0 Å². The molecular weight excluding hydrogens is 578 g/mol. The molecule has 0 saturated carbocycles. The average Bonchev–Trinajstić information content (AvgIpc) is 3.41. The van der Waals surface area contributed by atoms with Crippen molar-refractivity contribution in [3.8, 4) is 11.5 Å². The summed E-state index contributed by atoms with van der Waals surface area (Å²) in [6, 6.07) is 20.6. The molecule has 0 saturated heterocycles. The molecule has 2 nitrogen and oxygen atoms in total. The molecule has 8 heteroatoms. The highest BCUT2D eigenvalue weighted by atomic mass is 19.4. The number of phenols is 2. The molecule has 2 aliphatic carbocycles. The van der Waals surface area contributed by atoms with Gasteiger partial charge in [0.25, 0.3) is 0 Å². The van der Waals surface area contributed by atoms with Gasteiger partial charge in [0.1, 0.15) is 11.5 Å². The van der Waals surface area contributed by atoms with Gasteiger partial charge in [-0.05, 0) is 96.5 Å². The summed E-state index contributed by atoms with van der Waals surface area (Å²) < 4.78 is 82.4. The molecule has 4 aromatic rings. The van der Waals surface area contributed by atoms with Crippen molar-refractivity contribution in [3.63, 3.8) is 0 Å². The molecule has 0 amide bonds. The van der Waals surface area contributed by atoms with E-state index in [1.54, 1.807) is 12.1 Å². The number of allylic oxidation sites excluding steroid dienone is 4. The third kappa shape index (κ3) is 4.96. The standard InChI is InChI=1S/C36H28F6O2/c1-19-23-7-3-5-9-27(23)33(29-17-21(35(37,38)39)11-15-31(29)43)25(19)13-14-26-20(2)24-8-4-6-10-28(24)34(26)30-18-22(36(40,41)42)12-16-32(30)44/h3-12,15-18,33-34,43-44H,13-14H2,1-2H3. The van der Waals surface area contributed by atoms with E-state index in [0.29, 0.717) is 12.8 Å². The quantitative estimate of drug-likeness (QED) is 0.222. The Balaban J connectivity index is 1.44. The predicted molar refractivity (Wildman–Crippen MR) is 157 cm³/mol. The van der Waals surface area contributed by atoms with E-state index in [1.165, 1.54) is 0 Å². The van der Waals surface area contributed by atoms with Crippen molar-refractivity contribution in [2.24, 2.45) is 0 Å². The van der Waals surface area contributed by atoms with Gasteiger partial charge in [-0.2, -0.15) is 26.3 Å². The minimum Gasteiger partial charge on any atom is -0.508 e. The summed E-state index contributed by atoms with van der Waals surface area (Å²) in [5.74, 6) is -1.78. The molecule has 0 spiro atoms. The molecule has 0 radical (unpaired) electrons. The molecule has 0 heterocycles. The number of halogens is 6. The molecule has 44 heavy (non-hydrogen) atoms. The molecular formula is C36H28F6O2. The molecule has 2 N–H and O–H groups in total. The van der Waals surface area contributed by atoms with E-state index in [2.05, 4.69) is 0 Å². The number of phenolic OH excluding ortho intramolecular Hbond substituents is 2. The zero-order valence-electron chi connectivity index (χ0n) is 23.8. The minimum absolute atomic E-state index is 0.145. The van der Waals surface area contributed by atoms with E-state index in [-0.39, 0.29) is 22.6 Å². The Hall–Kier alpha value is -4.46. The van der Waals surface area contributed by atoms with Gasteiger partial charge in [-0.15, -0.1) is 0 Å². The summed E-state index contributed by atoms with van der Waals surface area (Å²) in [5.41, 5.74) is 5.28. The highest BCUT2D eigenvalue weighted by Gasteiger charge is 2.38. The van der Waals surface area contributed by atoms with Gasteiger partial charge in [-0.1, -0.05) is 59.7 Å². The maximum Gasteiger partial charge on any atom is 0.416 e. The van der Waals surface area contributed by atoms with Crippen molar-refractivity contribution >= 4 is 11.1 Å². The molecule has 0 fully saturated rings. The monoisotopic (exact) mass is 606 g/mol. The number of alkyl halides is 6. The first-order chi connectivity index (χ1) is 20.8. The average molecular weight is 607 g/mol. The fourth-order valence-electron chi connectivity index (χ4n) is 6.90. The zero-order valence-corrected chi connectivity index (χ0v) is 23.8. The largest absolute Gasteiger partial charge is 0.508 e. The maximum absolute atomic E-state index is 13.7. The van der Waals surface area contributed by atoms with Crippen LogP contribution in [0.4, 0.5) is 26.3 Å². The van der Waals surface area contributed by atoms with Gasteiger partial charge in [-0.25, -0.2) is 0 Å². The van der Waals surface area contributed by atoms with Crippen LogP contribution in [0.3, 0.4) is 0 Å². The van der Waals surface area contributed by atoms with Crippen molar-refractivity contribution in [2.75, 3.05) is 0 Å². The van der Waals surface area contributed by atoms with E-state index < -0.39 is 35.3 Å². The van der Waals surface area contributed by atoms with E-state index in [9.17, 15) is 36.6 Å². The van der Waals surface area contributed by atoms with Crippen LogP contribution in [0.1, 0.15) is 83.0 Å². The first kappa shape index (κ1) is 29.6. The fourth-order valence-corrected chi connectivity index (χ4v) is 6.90. The van der Waals surface area contributed by atoms with Crippen LogP contribution >= 0.6 is 0 Å². The molecule has 2 aliphatic rings. The molecule has 2 atom stereocenters. The predicted octanol–water partition coefficient (Wildman–Crippen LogP) is 10.5. The van der Waals surface area contributed by atoms with Gasteiger partial charge in [0.15, 0.2) is 0 Å². The summed E-state index contributed by atoms with van der Waals surface area (Å²) in [5, 5.41) is 21.6. The fraction of sp³-hybridized carbons (Fsp3) is 0.222. The van der Waals surface area contributed by atoms with Gasteiger partial charge in [0, 0.05) is 23.0 Å². The Morgan fingerprint density at radius 1 is 0.523 bits per heavy atom. The SMILES string of the molecule is CC1=C(CCC2=C(C)c3ccccc3C2c2cc(C(F)(F)F)ccc2O)C(c2cc(C(F)(F)F)ccc2O)c2ccccc21. The van der Waals surface area contributed by atoms with Crippen LogP contribution in [0.2, 0.25) is 0 Å². The molecule has 0 aliphatic heterocycles. The van der Waals surface area contributed by atoms with Crippen molar-refractivity contribution in [1.29, 1.82) is 0 Å². The van der Waals surface area contributed by atoms with Gasteiger partial charge in [0.05, 0.1) is 11.1 Å². The van der Waals surface area contributed by atoms with E-state index >= 15 is 0 Å². The maximum atomic E-state index is 13.7. The highest BCUT2D eigenvalue weighted by molar-refractivity contribution is 5.81. The van der Waals surface area contributed by atoms with E-state index in [4.69, 9.17) is 0 Å². The van der Waals surface area contributed by atoms with Gasteiger partial charge < -0.3 is 10.2 Å². The Kier molecular flexibility index (Phi) is 7.14. The molecule has 0 aromatic heterocycles. The third-order valence-electron chi connectivity index (χ3n) is 9.01. The van der Waals surface area contributed by atoms with Crippen LogP contribution in [0.15, 0.2) is 96.1 Å². The number of fused-ring (bicyclic) bond motifs is 2. The number of hydrogen-bond acceptors (Lipinski definition) is 2. The van der Waals surface area contributed by atoms with Crippen molar-refractivity contribution in [3.05, 3.63) is 141 Å². The van der Waals surface area contributed by atoms with Crippen LogP contribution in [0.25, 0.3) is 11.1 Å². The van der Waals surface area contributed by atoms with Gasteiger partial charge in [-0.3, -0.25) is 0 Å². The first-order valence-corrected chi connectivity index (χ1v) is 14.2. The van der Waals surface area contributed by atoms with Gasteiger partial charge in [0.2, 0.25) is 0 Å². The zero-order chi connectivity index (χ0) is 31.6. The number of hydrogen-bond donors (Lipinski definition) is 2. The highest BCUT2D eigenvalue weighted by Crippen LogP contribution is 2.54. The molecule has 0 bridgehead atoms. The van der Waals surface area contributed by atoms with Crippen LogP contribution in [0, 0.1) is 0 Å². The Labute approximate surface area is 250 Å². The van der Waals surface area contributed by atoms with Crippen LogP contribution in [0.5, 0.6) is 11.5 Å². The summed E-state index contributed by atoms with van der Waals surface area (Å²) >= 11 is 0. The summed E-state index contributed by atoms with van der Waals surface area (Å²) in [4.78, 5) is 0. The Morgan fingerprint density at radius 3 is 1.25 bits per heavy atom. The second kappa shape index (κ2) is 10.6. The topological polar surface area (TPSA) is 40.5 Å². The molecule has 226 valence electrons. The summed E-state index contributed by atoms with van der Waals surface area (Å²) in [6.07, 6.45) is -8.45. The third-order valence-corrected chi connectivity index (χ3v) is 9.01. The smallest absolute Gasteiger partial charge is 0.416 e. The Morgan fingerprint density at radius 2 is 0.886 bits per heavy atom. The number of aromatic hydroxyl groups is 2. The molecule has 4 aromatic carbocycles.